The summed E-state index contributed by atoms with van der Waals surface area (Å²) >= 11 is 5.72. The summed E-state index contributed by atoms with van der Waals surface area (Å²) < 4.78 is 50.5. The first-order valence-corrected chi connectivity index (χ1v) is 8.55. The first kappa shape index (κ1) is 23.5. The van der Waals surface area contributed by atoms with Crippen LogP contribution in [0.3, 0.4) is 0 Å². The number of halogens is 4. The van der Waals surface area contributed by atoms with Crippen LogP contribution in [0.25, 0.3) is 0 Å². The van der Waals surface area contributed by atoms with Gasteiger partial charge in [0.25, 0.3) is 5.91 Å². The molecular weight excluding hydrogens is 407 g/mol. The number of hydrogen-bond donors (Lipinski definition) is 0. The Bertz CT molecular complexity index is 695. The maximum absolute atomic E-state index is 12.9. The normalized spacial score (nSPS) is 13.2. The first-order chi connectivity index (χ1) is 12.9. The van der Waals surface area contributed by atoms with Crippen LogP contribution in [0.2, 0.25) is 0 Å². The summed E-state index contributed by atoms with van der Waals surface area (Å²) in [6.45, 7) is 3.54. The van der Waals surface area contributed by atoms with Crippen molar-refractivity contribution >= 4 is 35.1 Å². The quantitative estimate of drug-likeness (QED) is 0.470. The summed E-state index contributed by atoms with van der Waals surface area (Å²) in [5.41, 5.74) is 0.187. The molecule has 1 rings (SSSR count). The van der Waals surface area contributed by atoms with E-state index >= 15 is 0 Å². The number of rotatable bonds is 8. The zero-order valence-electron chi connectivity index (χ0n) is 15.3. The van der Waals surface area contributed by atoms with E-state index in [1.54, 1.807) is 0 Å². The highest BCUT2D eigenvalue weighted by Gasteiger charge is 2.35. The average molecular weight is 426 g/mol. The smallest absolute Gasteiger partial charge is 0.458 e. The second-order valence-electron chi connectivity index (χ2n) is 5.57. The van der Waals surface area contributed by atoms with Gasteiger partial charge in [-0.05, 0) is 31.2 Å². The number of anilines is 1. The molecule has 0 spiro atoms. The number of alkyl halides is 4. The van der Waals surface area contributed by atoms with Gasteiger partial charge in [0.1, 0.15) is 11.9 Å². The van der Waals surface area contributed by atoms with E-state index in [-0.39, 0.29) is 18.1 Å². The fraction of sp³-hybridized carbons (Fsp3) is 0.471. The van der Waals surface area contributed by atoms with Gasteiger partial charge in [0.15, 0.2) is 0 Å². The minimum Gasteiger partial charge on any atom is -0.458 e. The molecule has 0 N–H and O–H groups in total. The third-order valence-electron chi connectivity index (χ3n) is 3.27. The highest BCUT2D eigenvalue weighted by atomic mass is 35.5. The molecule has 0 aliphatic rings. The molecule has 0 unspecified atom stereocenters. The Morgan fingerprint density at radius 1 is 1.07 bits per heavy atom. The number of carbonyl (C=O) groups is 3. The first-order valence-electron chi connectivity index (χ1n) is 8.02. The van der Waals surface area contributed by atoms with E-state index in [1.807, 2.05) is 0 Å². The minimum absolute atomic E-state index is 0.0126. The summed E-state index contributed by atoms with van der Waals surface area (Å²) in [7, 11) is 0. The van der Waals surface area contributed by atoms with E-state index in [9.17, 15) is 27.6 Å². The zero-order chi connectivity index (χ0) is 21.5. The van der Waals surface area contributed by atoms with Gasteiger partial charge in [-0.1, -0.05) is 0 Å². The highest BCUT2D eigenvalue weighted by molar-refractivity contribution is 6.18. The topological polar surface area (TPSA) is 82.1 Å². The van der Waals surface area contributed by atoms with Gasteiger partial charge < -0.3 is 19.1 Å². The number of esters is 2. The van der Waals surface area contributed by atoms with Crippen LogP contribution in [0.1, 0.15) is 20.8 Å². The van der Waals surface area contributed by atoms with Gasteiger partial charge in [-0.3, -0.25) is 14.4 Å². The number of nitrogens with zero attached hydrogens (tertiary/aromatic N) is 1. The summed E-state index contributed by atoms with van der Waals surface area (Å²) in [6, 6.07) is 4.47. The monoisotopic (exact) mass is 425 g/mol. The van der Waals surface area contributed by atoms with Crippen molar-refractivity contribution in [3.8, 4) is 5.75 Å². The molecule has 7 nitrogen and oxygen atoms in total. The van der Waals surface area contributed by atoms with Gasteiger partial charge in [0.05, 0.1) is 0 Å². The fourth-order valence-corrected chi connectivity index (χ4v) is 2.45. The Kier molecular flexibility index (Phi) is 8.55. The molecule has 0 aliphatic heterocycles. The molecule has 0 heterocycles. The number of amides is 1. The summed E-state index contributed by atoms with van der Waals surface area (Å²) in [6.07, 6.45) is -7.41. The summed E-state index contributed by atoms with van der Waals surface area (Å²) in [5, 5.41) is 0. The second-order valence-corrected chi connectivity index (χ2v) is 5.94. The molecule has 0 bridgehead atoms. The van der Waals surface area contributed by atoms with Crippen LogP contribution < -0.4 is 9.64 Å². The van der Waals surface area contributed by atoms with Crippen LogP contribution in [0.4, 0.5) is 18.9 Å². The lowest BCUT2D eigenvalue weighted by molar-refractivity contribution is -0.274. The van der Waals surface area contributed by atoms with Crippen molar-refractivity contribution in [3.63, 3.8) is 0 Å². The molecule has 1 aromatic rings. The molecular formula is C17H19ClF3NO6. The van der Waals surface area contributed by atoms with Crippen LogP contribution in [0.15, 0.2) is 24.3 Å². The molecule has 0 aliphatic carbocycles. The molecule has 0 fully saturated rings. The highest BCUT2D eigenvalue weighted by Crippen LogP contribution is 2.26. The molecule has 156 valence electrons. The average Bonchev–Trinajstić information content (AvgIpc) is 2.55. The Hall–Kier alpha value is -2.49. The fourth-order valence-electron chi connectivity index (χ4n) is 2.28. The Labute approximate surface area is 164 Å². The van der Waals surface area contributed by atoms with E-state index in [2.05, 4.69) is 4.74 Å². The van der Waals surface area contributed by atoms with Crippen molar-refractivity contribution < 1.29 is 41.8 Å². The van der Waals surface area contributed by atoms with E-state index < -0.39 is 42.2 Å². The molecule has 28 heavy (non-hydrogen) atoms. The van der Waals surface area contributed by atoms with Crippen LogP contribution in [-0.2, 0) is 23.9 Å². The van der Waals surface area contributed by atoms with Gasteiger partial charge in [-0.15, -0.1) is 24.8 Å². The van der Waals surface area contributed by atoms with Gasteiger partial charge in [-0.25, -0.2) is 0 Å². The van der Waals surface area contributed by atoms with Crippen molar-refractivity contribution in [1.29, 1.82) is 0 Å². The van der Waals surface area contributed by atoms with E-state index in [0.717, 1.165) is 30.9 Å². The molecule has 0 saturated carbocycles. The molecule has 0 radical (unpaired) electrons. The lowest BCUT2D eigenvalue weighted by Crippen LogP contribution is -2.48. The summed E-state index contributed by atoms with van der Waals surface area (Å²) in [4.78, 5) is 36.5. The molecule has 0 aromatic heterocycles. The van der Waals surface area contributed by atoms with Gasteiger partial charge in [-0.2, -0.15) is 0 Å². The second kappa shape index (κ2) is 10.2. The predicted molar refractivity (Wildman–Crippen MR) is 93.0 cm³/mol. The molecule has 2 atom stereocenters. The van der Waals surface area contributed by atoms with Crippen molar-refractivity contribution in [2.75, 3.05) is 17.3 Å². The van der Waals surface area contributed by atoms with Gasteiger partial charge >= 0.3 is 18.3 Å². The van der Waals surface area contributed by atoms with Crippen LogP contribution in [0, 0.1) is 0 Å². The van der Waals surface area contributed by atoms with Crippen molar-refractivity contribution in [2.45, 2.75) is 39.3 Å². The lowest BCUT2D eigenvalue weighted by atomic mass is 10.1. The SMILES string of the molecule is CC(=O)O[C@H](C)[C@@H](OC(C)=O)C(=O)N(CCCl)c1ccc(OC(F)(F)F)cc1. The minimum atomic E-state index is -4.85. The third kappa shape index (κ3) is 7.63. The largest absolute Gasteiger partial charge is 0.573 e. The number of carbonyl (C=O) groups excluding carboxylic acids is 3. The van der Waals surface area contributed by atoms with Crippen molar-refractivity contribution in [3.05, 3.63) is 24.3 Å². The van der Waals surface area contributed by atoms with E-state index in [4.69, 9.17) is 21.1 Å². The standard InChI is InChI=1S/C17H19ClF3NO6/c1-10(26-11(2)23)15(27-12(3)24)16(25)22(9-8-18)13-4-6-14(7-5-13)28-17(19,20)21/h4-7,10,15H,8-9H2,1-3H3/t10-,15-/m1/s1. The molecule has 1 amide bonds. The third-order valence-corrected chi connectivity index (χ3v) is 3.44. The zero-order valence-corrected chi connectivity index (χ0v) is 16.0. The Morgan fingerprint density at radius 2 is 1.61 bits per heavy atom. The van der Waals surface area contributed by atoms with Crippen LogP contribution >= 0.6 is 11.6 Å². The lowest BCUT2D eigenvalue weighted by Gasteiger charge is -2.29. The van der Waals surface area contributed by atoms with Crippen LogP contribution in [0.5, 0.6) is 5.75 Å². The maximum atomic E-state index is 12.9. The van der Waals surface area contributed by atoms with E-state index in [1.165, 1.54) is 19.1 Å². The predicted octanol–water partition coefficient (Wildman–Crippen LogP) is 3.04. The van der Waals surface area contributed by atoms with Crippen LogP contribution in [-0.4, -0.2) is 48.8 Å². The number of benzene rings is 1. The van der Waals surface area contributed by atoms with Gasteiger partial charge in [0, 0.05) is 32.0 Å². The molecule has 0 saturated heterocycles. The van der Waals surface area contributed by atoms with Gasteiger partial charge in [0.2, 0.25) is 6.10 Å². The van der Waals surface area contributed by atoms with E-state index in [0.29, 0.717) is 0 Å². The number of ether oxygens (including phenoxy) is 3. The van der Waals surface area contributed by atoms with Crippen molar-refractivity contribution in [2.24, 2.45) is 0 Å². The molecule has 1 aromatic carbocycles. The summed E-state index contributed by atoms with van der Waals surface area (Å²) in [5.74, 6) is -2.71. The Balaban J connectivity index is 3.13. The maximum Gasteiger partial charge on any atom is 0.573 e. The molecule has 11 heteroatoms. The number of hydrogen-bond acceptors (Lipinski definition) is 6. The van der Waals surface area contributed by atoms with Crippen molar-refractivity contribution in [1.82, 2.24) is 0 Å². The Morgan fingerprint density at radius 3 is 2.04 bits per heavy atom.